The minimum Gasteiger partial charge on any atom is -0.384 e. The van der Waals surface area contributed by atoms with Gasteiger partial charge in [0.25, 0.3) is 5.91 Å². The lowest BCUT2D eigenvalue weighted by atomic mass is 9.97. The third kappa shape index (κ3) is 5.13. The standard InChI is InChI=1S/C23H26Cl2N6O2/c1-14-8-18(11-27-21(14)30-6-4-16(5-7-30)13-33-3)29-23(32)19-12-28-31(15(19)2)22-20(25)9-17(24)10-26-22/h8-12,16H,4-7,13H2,1-3H3,(H,29,32). The monoisotopic (exact) mass is 488 g/mol. The number of piperidine rings is 1. The van der Waals surface area contributed by atoms with Crippen LogP contribution >= 0.6 is 23.2 Å². The molecule has 1 aliphatic rings. The summed E-state index contributed by atoms with van der Waals surface area (Å²) in [5, 5.41) is 7.98. The molecule has 4 rings (SSSR count). The lowest BCUT2D eigenvalue weighted by molar-refractivity contribution is 0.102. The van der Waals surface area contributed by atoms with Gasteiger partial charge in [0.15, 0.2) is 5.82 Å². The molecule has 4 heterocycles. The number of carbonyl (C=O) groups is 1. The third-order valence-corrected chi connectivity index (χ3v) is 6.35. The third-order valence-electron chi connectivity index (χ3n) is 5.87. The van der Waals surface area contributed by atoms with Crippen molar-refractivity contribution in [2.24, 2.45) is 5.92 Å². The van der Waals surface area contributed by atoms with Crippen LogP contribution in [-0.4, -0.2) is 52.5 Å². The fraction of sp³-hybridized carbons (Fsp3) is 0.391. The summed E-state index contributed by atoms with van der Waals surface area (Å²) >= 11 is 12.2. The number of ether oxygens (including phenoxy) is 1. The van der Waals surface area contributed by atoms with Gasteiger partial charge >= 0.3 is 0 Å². The first-order valence-corrected chi connectivity index (χ1v) is 11.5. The fourth-order valence-corrected chi connectivity index (χ4v) is 4.58. The van der Waals surface area contributed by atoms with Crippen LogP contribution in [0.15, 0.2) is 30.7 Å². The van der Waals surface area contributed by atoms with E-state index in [0.29, 0.717) is 38.7 Å². The van der Waals surface area contributed by atoms with Crippen LogP contribution in [0.2, 0.25) is 10.0 Å². The second kappa shape index (κ2) is 10.1. The van der Waals surface area contributed by atoms with E-state index in [9.17, 15) is 4.79 Å². The molecule has 10 heteroatoms. The van der Waals surface area contributed by atoms with E-state index < -0.39 is 0 Å². The van der Waals surface area contributed by atoms with Gasteiger partial charge in [-0.2, -0.15) is 5.10 Å². The highest BCUT2D eigenvalue weighted by molar-refractivity contribution is 6.35. The molecule has 1 saturated heterocycles. The molecular weight excluding hydrogens is 463 g/mol. The van der Waals surface area contributed by atoms with Crippen LogP contribution in [0.1, 0.15) is 34.5 Å². The molecule has 8 nitrogen and oxygen atoms in total. The first kappa shape index (κ1) is 23.5. The number of anilines is 2. The van der Waals surface area contributed by atoms with Crippen LogP contribution in [0.3, 0.4) is 0 Å². The molecule has 33 heavy (non-hydrogen) atoms. The minimum atomic E-state index is -0.279. The molecule has 0 atom stereocenters. The topological polar surface area (TPSA) is 85.2 Å². The van der Waals surface area contributed by atoms with E-state index in [1.54, 1.807) is 26.3 Å². The number of rotatable bonds is 6. The Hall–Kier alpha value is -2.68. The van der Waals surface area contributed by atoms with Gasteiger partial charge in [-0.3, -0.25) is 4.79 Å². The van der Waals surface area contributed by atoms with Crippen molar-refractivity contribution in [3.63, 3.8) is 0 Å². The molecule has 174 valence electrons. The summed E-state index contributed by atoms with van der Waals surface area (Å²) in [5.74, 6) is 1.69. The van der Waals surface area contributed by atoms with Crippen molar-refractivity contribution in [3.8, 4) is 5.82 Å². The first-order chi connectivity index (χ1) is 15.9. The molecule has 0 aliphatic carbocycles. The van der Waals surface area contributed by atoms with E-state index >= 15 is 0 Å². The molecule has 1 aliphatic heterocycles. The SMILES string of the molecule is COCC1CCN(c2ncc(NC(=O)c3cnn(-c4ncc(Cl)cc4Cl)c3C)cc2C)CC1. The molecule has 3 aromatic rings. The highest BCUT2D eigenvalue weighted by Gasteiger charge is 2.22. The predicted octanol–water partition coefficient (Wildman–Crippen LogP) is 4.70. The fourth-order valence-electron chi connectivity index (χ4n) is 4.12. The van der Waals surface area contributed by atoms with Crippen molar-refractivity contribution >= 4 is 40.6 Å². The number of nitrogens with one attached hydrogen (secondary N) is 1. The minimum absolute atomic E-state index is 0.279. The average molecular weight is 489 g/mol. The van der Waals surface area contributed by atoms with Crippen LogP contribution in [0.5, 0.6) is 0 Å². The number of aryl methyl sites for hydroxylation is 1. The summed E-state index contributed by atoms with van der Waals surface area (Å²) in [6.45, 7) is 6.51. The van der Waals surface area contributed by atoms with Gasteiger partial charge in [-0.15, -0.1) is 0 Å². The lowest BCUT2D eigenvalue weighted by Crippen LogP contribution is -2.36. The van der Waals surface area contributed by atoms with Crippen molar-refractivity contribution in [2.45, 2.75) is 26.7 Å². The second-order valence-electron chi connectivity index (χ2n) is 8.22. The Labute approximate surface area is 202 Å². The van der Waals surface area contributed by atoms with E-state index in [4.69, 9.17) is 27.9 Å². The summed E-state index contributed by atoms with van der Waals surface area (Å²) < 4.78 is 6.81. The quantitative estimate of drug-likeness (QED) is 0.540. The number of amides is 1. The molecule has 1 fully saturated rings. The van der Waals surface area contributed by atoms with Gasteiger partial charge in [0.2, 0.25) is 0 Å². The van der Waals surface area contributed by atoms with Gasteiger partial charge in [0.1, 0.15) is 5.82 Å². The van der Waals surface area contributed by atoms with Gasteiger partial charge in [-0.25, -0.2) is 14.6 Å². The molecular formula is C23H26Cl2N6O2. The van der Waals surface area contributed by atoms with Gasteiger partial charge < -0.3 is 15.0 Å². The Morgan fingerprint density at radius 2 is 1.85 bits per heavy atom. The van der Waals surface area contributed by atoms with Crippen LogP contribution in [0.25, 0.3) is 5.82 Å². The maximum atomic E-state index is 12.9. The zero-order valence-electron chi connectivity index (χ0n) is 18.8. The molecule has 0 spiro atoms. The van der Waals surface area contributed by atoms with Crippen molar-refractivity contribution < 1.29 is 9.53 Å². The molecule has 1 amide bonds. The number of aromatic nitrogens is 4. The average Bonchev–Trinajstić information content (AvgIpc) is 3.16. The summed E-state index contributed by atoms with van der Waals surface area (Å²) in [7, 11) is 1.75. The molecule has 3 aromatic heterocycles. The molecule has 1 N–H and O–H groups in total. The second-order valence-corrected chi connectivity index (χ2v) is 9.06. The summed E-state index contributed by atoms with van der Waals surface area (Å²) in [6.07, 6.45) is 6.85. The van der Waals surface area contributed by atoms with E-state index in [1.165, 1.54) is 17.1 Å². The summed E-state index contributed by atoms with van der Waals surface area (Å²) in [6, 6.07) is 3.53. The van der Waals surface area contributed by atoms with Crippen molar-refractivity contribution in [3.05, 3.63) is 57.6 Å². The van der Waals surface area contributed by atoms with Crippen LogP contribution < -0.4 is 10.2 Å². The van der Waals surface area contributed by atoms with E-state index in [-0.39, 0.29) is 5.91 Å². The maximum absolute atomic E-state index is 12.9. The predicted molar refractivity (Wildman–Crippen MR) is 130 cm³/mol. The molecule has 0 radical (unpaired) electrons. The Morgan fingerprint density at radius 3 is 2.52 bits per heavy atom. The number of methoxy groups -OCH3 is 1. The summed E-state index contributed by atoms with van der Waals surface area (Å²) in [5.41, 5.74) is 2.68. The van der Waals surface area contributed by atoms with Crippen LogP contribution in [0.4, 0.5) is 11.5 Å². The van der Waals surface area contributed by atoms with Gasteiger partial charge in [0.05, 0.1) is 39.4 Å². The zero-order chi connectivity index (χ0) is 23.5. The number of halogens is 2. The van der Waals surface area contributed by atoms with Gasteiger partial charge in [0, 0.05) is 33.0 Å². The Morgan fingerprint density at radius 1 is 1.12 bits per heavy atom. The Balaban J connectivity index is 1.46. The maximum Gasteiger partial charge on any atom is 0.259 e. The highest BCUT2D eigenvalue weighted by atomic mass is 35.5. The number of nitrogens with zero attached hydrogens (tertiary/aromatic N) is 5. The lowest BCUT2D eigenvalue weighted by Gasteiger charge is -2.33. The largest absolute Gasteiger partial charge is 0.384 e. The number of carbonyl (C=O) groups excluding carboxylic acids is 1. The van der Waals surface area contributed by atoms with Crippen molar-refractivity contribution in [1.29, 1.82) is 0 Å². The number of hydrogen-bond acceptors (Lipinski definition) is 6. The van der Waals surface area contributed by atoms with E-state index in [1.807, 2.05) is 13.0 Å². The smallest absolute Gasteiger partial charge is 0.259 e. The van der Waals surface area contributed by atoms with Crippen molar-refractivity contribution in [2.75, 3.05) is 37.0 Å². The van der Waals surface area contributed by atoms with Crippen LogP contribution in [0, 0.1) is 19.8 Å². The zero-order valence-corrected chi connectivity index (χ0v) is 20.3. The molecule has 0 bridgehead atoms. The first-order valence-electron chi connectivity index (χ1n) is 10.7. The van der Waals surface area contributed by atoms with Gasteiger partial charge in [-0.1, -0.05) is 23.2 Å². The Kier molecular flexibility index (Phi) is 7.17. The molecule has 0 unspecified atom stereocenters. The normalized spacial score (nSPS) is 14.5. The highest BCUT2D eigenvalue weighted by Crippen LogP contribution is 2.27. The van der Waals surface area contributed by atoms with Gasteiger partial charge in [-0.05, 0) is 50.3 Å². The van der Waals surface area contributed by atoms with E-state index in [2.05, 4.69) is 25.3 Å². The summed E-state index contributed by atoms with van der Waals surface area (Å²) in [4.78, 5) is 24.1. The molecule has 0 saturated carbocycles. The van der Waals surface area contributed by atoms with Crippen molar-refractivity contribution in [1.82, 2.24) is 19.7 Å². The number of pyridine rings is 2. The Bertz CT molecular complexity index is 1160. The van der Waals surface area contributed by atoms with Crippen LogP contribution in [-0.2, 0) is 4.74 Å². The molecule has 0 aromatic carbocycles. The van der Waals surface area contributed by atoms with E-state index in [0.717, 1.165) is 43.9 Å². The number of hydrogen-bond donors (Lipinski definition) is 1.